The van der Waals surface area contributed by atoms with Gasteiger partial charge in [0.15, 0.2) is 0 Å². The van der Waals surface area contributed by atoms with E-state index in [9.17, 15) is 13.2 Å². The quantitative estimate of drug-likeness (QED) is 0.892. The molecule has 0 radical (unpaired) electrons. The van der Waals surface area contributed by atoms with E-state index in [4.69, 9.17) is 0 Å². The van der Waals surface area contributed by atoms with Crippen LogP contribution in [0, 0.1) is 0 Å². The number of piperidine rings is 1. The number of carbonyl (C=O) groups excluding carboxylic acids is 1. The third-order valence-electron chi connectivity index (χ3n) is 5.07. The van der Waals surface area contributed by atoms with Gasteiger partial charge in [0.05, 0.1) is 4.90 Å². The predicted octanol–water partition coefficient (Wildman–Crippen LogP) is 2.73. The maximum Gasteiger partial charge on any atom is 0.321 e. The Morgan fingerprint density at radius 3 is 2.80 bits per heavy atom. The van der Waals surface area contributed by atoms with E-state index in [1.54, 1.807) is 27.4 Å². The van der Waals surface area contributed by atoms with Crippen molar-refractivity contribution in [1.29, 1.82) is 0 Å². The van der Waals surface area contributed by atoms with E-state index >= 15 is 0 Å². The monoisotopic (exact) mass is 365 g/mol. The number of benzene rings is 1. The second-order valence-corrected chi connectivity index (χ2v) is 8.78. The standard InChI is InChI=1S/C18H27N3O3S/c1-3-10-19-18(22)20-12-9-15-13-16(7-8-17(15)20)25(23,24)21-11-5-4-6-14(21)2/h7-8,13-14H,3-6,9-12H2,1-2H3,(H,19,22)/t14-/m1/s1. The summed E-state index contributed by atoms with van der Waals surface area (Å²) >= 11 is 0. The van der Waals surface area contributed by atoms with Crippen LogP contribution in [-0.2, 0) is 16.4 Å². The number of fused-ring (bicyclic) bond motifs is 1. The third-order valence-corrected chi connectivity index (χ3v) is 7.08. The van der Waals surface area contributed by atoms with Crippen LogP contribution >= 0.6 is 0 Å². The van der Waals surface area contributed by atoms with Crippen LogP contribution in [0.4, 0.5) is 10.5 Å². The maximum absolute atomic E-state index is 13.0. The molecular formula is C18H27N3O3S. The Hall–Kier alpha value is -1.60. The predicted molar refractivity (Wildman–Crippen MR) is 98.4 cm³/mol. The van der Waals surface area contributed by atoms with E-state index < -0.39 is 10.0 Å². The number of hydrogen-bond donors (Lipinski definition) is 1. The highest BCUT2D eigenvalue weighted by Crippen LogP contribution is 2.32. The van der Waals surface area contributed by atoms with Gasteiger partial charge in [-0.2, -0.15) is 4.31 Å². The molecule has 2 aliphatic heterocycles. The molecule has 1 N–H and O–H groups in total. The fraction of sp³-hybridized carbons (Fsp3) is 0.611. The first-order valence-corrected chi connectivity index (χ1v) is 10.6. The van der Waals surface area contributed by atoms with E-state index in [-0.39, 0.29) is 12.1 Å². The molecule has 0 spiro atoms. The summed E-state index contributed by atoms with van der Waals surface area (Å²) in [6.07, 6.45) is 4.49. The zero-order valence-electron chi connectivity index (χ0n) is 15.0. The Labute approximate surface area is 150 Å². The largest absolute Gasteiger partial charge is 0.338 e. The number of sulfonamides is 1. The van der Waals surface area contributed by atoms with Crippen molar-refractivity contribution in [3.8, 4) is 0 Å². The van der Waals surface area contributed by atoms with Crippen LogP contribution in [0.5, 0.6) is 0 Å². The van der Waals surface area contributed by atoms with Crippen molar-refractivity contribution in [2.75, 3.05) is 24.5 Å². The minimum atomic E-state index is -3.47. The first kappa shape index (κ1) is 18.2. The molecule has 1 saturated heterocycles. The molecule has 7 heteroatoms. The number of anilines is 1. The lowest BCUT2D eigenvalue weighted by atomic mass is 10.1. The molecule has 1 atom stereocenters. The van der Waals surface area contributed by atoms with Crippen molar-refractivity contribution >= 4 is 21.7 Å². The zero-order valence-corrected chi connectivity index (χ0v) is 15.8. The fourth-order valence-electron chi connectivity index (χ4n) is 3.64. The maximum atomic E-state index is 13.0. The number of rotatable bonds is 4. The Balaban J connectivity index is 1.83. The highest BCUT2D eigenvalue weighted by atomic mass is 32.2. The summed E-state index contributed by atoms with van der Waals surface area (Å²) in [6, 6.07) is 5.10. The van der Waals surface area contributed by atoms with Gasteiger partial charge < -0.3 is 5.32 Å². The molecule has 2 aliphatic rings. The van der Waals surface area contributed by atoms with E-state index in [2.05, 4.69) is 5.32 Å². The van der Waals surface area contributed by atoms with Crippen molar-refractivity contribution in [1.82, 2.24) is 9.62 Å². The fourth-order valence-corrected chi connectivity index (χ4v) is 5.39. The van der Waals surface area contributed by atoms with Crippen LogP contribution in [0.15, 0.2) is 23.1 Å². The van der Waals surface area contributed by atoms with Crippen LogP contribution in [0.1, 0.15) is 45.1 Å². The van der Waals surface area contributed by atoms with Crippen molar-refractivity contribution in [3.63, 3.8) is 0 Å². The molecule has 0 saturated carbocycles. The molecule has 2 heterocycles. The van der Waals surface area contributed by atoms with Crippen molar-refractivity contribution in [2.45, 2.75) is 56.9 Å². The summed E-state index contributed by atoms with van der Waals surface area (Å²) < 4.78 is 27.6. The average Bonchev–Trinajstić information content (AvgIpc) is 3.03. The van der Waals surface area contributed by atoms with Crippen LogP contribution in [-0.4, -0.2) is 44.4 Å². The molecule has 138 valence electrons. The normalized spacial score (nSPS) is 21.2. The van der Waals surface area contributed by atoms with Crippen LogP contribution < -0.4 is 10.2 Å². The van der Waals surface area contributed by atoms with Gasteiger partial charge in [-0.05, 0) is 56.4 Å². The molecule has 1 aromatic rings. The first-order chi connectivity index (χ1) is 11.9. The van der Waals surface area contributed by atoms with Crippen LogP contribution in [0.25, 0.3) is 0 Å². The lowest BCUT2D eigenvalue weighted by molar-refractivity contribution is 0.247. The number of carbonyl (C=O) groups is 1. The molecule has 1 fully saturated rings. The van der Waals surface area contributed by atoms with Gasteiger partial charge in [-0.15, -0.1) is 0 Å². The lowest BCUT2D eigenvalue weighted by Crippen LogP contribution is -2.42. The van der Waals surface area contributed by atoms with Crippen molar-refractivity contribution in [2.24, 2.45) is 0 Å². The highest BCUT2D eigenvalue weighted by Gasteiger charge is 2.32. The smallest absolute Gasteiger partial charge is 0.321 e. The average molecular weight is 365 g/mol. The molecule has 0 unspecified atom stereocenters. The van der Waals surface area contributed by atoms with Gasteiger partial charge in [0, 0.05) is 31.4 Å². The SMILES string of the molecule is CCCNC(=O)N1CCc2cc(S(=O)(=O)N3CCCC[C@H]3C)ccc21. The van der Waals surface area contributed by atoms with Crippen LogP contribution in [0.2, 0.25) is 0 Å². The van der Waals surface area contributed by atoms with Crippen molar-refractivity contribution < 1.29 is 13.2 Å². The first-order valence-electron chi connectivity index (χ1n) is 9.15. The van der Waals surface area contributed by atoms with Gasteiger partial charge in [0.1, 0.15) is 0 Å². The van der Waals surface area contributed by atoms with Gasteiger partial charge in [0.2, 0.25) is 10.0 Å². The summed E-state index contributed by atoms with van der Waals surface area (Å²) in [4.78, 5) is 14.3. The zero-order chi connectivity index (χ0) is 18.0. The summed E-state index contributed by atoms with van der Waals surface area (Å²) in [5.74, 6) is 0. The summed E-state index contributed by atoms with van der Waals surface area (Å²) in [7, 11) is -3.47. The second-order valence-electron chi connectivity index (χ2n) is 6.88. The third kappa shape index (κ3) is 3.53. The molecular weight excluding hydrogens is 338 g/mol. The van der Waals surface area contributed by atoms with E-state index in [0.29, 0.717) is 31.0 Å². The molecule has 1 aromatic carbocycles. The number of nitrogens with zero attached hydrogens (tertiary/aromatic N) is 2. The Kier molecular flexibility index (Phi) is 5.34. The Bertz CT molecular complexity index is 748. The van der Waals surface area contributed by atoms with Gasteiger partial charge in [0.25, 0.3) is 0 Å². The van der Waals surface area contributed by atoms with E-state index in [1.165, 1.54) is 0 Å². The molecule has 6 nitrogen and oxygen atoms in total. The molecule has 0 aromatic heterocycles. The molecule has 25 heavy (non-hydrogen) atoms. The summed E-state index contributed by atoms with van der Waals surface area (Å²) in [5, 5.41) is 2.88. The Morgan fingerprint density at radius 1 is 1.28 bits per heavy atom. The molecule has 2 amide bonds. The molecule has 0 bridgehead atoms. The summed E-state index contributed by atoms with van der Waals surface area (Å²) in [6.45, 7) is 5.81. The number of amides is 2. The number of nitrogens with one attached hydrogen (secondary N) is 1. The van der Waals surface area contributed by atoms with Gasteiger partial charge in [-0.25, -0.2) is 13.2 Å². The van der Waals surface area contributed by atoms with Gasteiger partial charge >= 0.3 is 6.03 Å². The molecule has 3 rings (SSSR count). The van der Waals surface area contributed by atoms with Crippen LogP contribution in [0.3, 0.4) is 0 Å². The van der Waals surface area contributed by atoms with Gasteiger partial charge in [-0.1, -0.05) is 13.3 Å². The number of urea groups is 1. The number of hydrogen-bond acceptors (Lipinski definition) is 3. The minimum absolute atomic E-state index is 0.0447. The summed E-state index contributed by atoms with van der Waals surface area (Å²) in [5.41, 5.74) is 1.75. The van der Waals surface area contributed by atoms with E-state index in [1.807, 2.05) is 13.8 Å². The lowest BCUT2D eigenvalue weighted by Gasteiger charge is -2.32. The highest BCUT2D eigenvalue weighted by molar-refractivity contribution is 7.89. The topological polar surface area (TPSA) is 69.7 Å². The Morgan fingerprint density at radius 2 is 2.08 bits per heavy atom. The second kappa shape index (κ2) is 7.33. The van der Waals surface area contributed by atoms with Crippen molar-refractivity contribution in [3.05, 3.63) is 23.8 Å². The molecule has 0 aliphatic carbocycles. The van der Waals surface area contributed by atoms with E-state index in [0.717, 1.165) is 36.9 Å². The van der Waals surface area contributed by atoms with Gasteiger partial charge in [-0.3, -0.25) is 4.90 Å². The minimum Gasteiger partial charge on any atom is -0.338 e.